The van der Waals surface area contributed by atoms with Crippen molar-refractivity contribution in [3.8, 4) is 11.1 Å². The fraction of sp³-hybridized carbons (Fsp3) is 0.286. The van der Waals surface area contributed by atoms with Gasteiger partial charge in [0.1, 0.15) is 0 Å². The molecule has 3 aromatic rings. The number of aromatic amines is 1. The number of hydrogen-bond acceptors (Lipinski definition) is 3. The molecule has 0 spiro atoms. The maximum Gasteiger partial charge on any atom is 0.416 e. The summed E-state index contributed by atoms with van der Waals surface area (Å²) in [6.45, 7) is 5.20. The number of alkyl halides is 3. The number of aromatic nitrogens is 1. The number of nitrogens with zero attached hydrogens (tertiary/aromatic N) is 1. The van der Waals surface area contributed by atoms with Crippen molar-refractivity contribution in [1.29, 1.82) is 0 Å². The van der Waals surface area contributed by atoms with Gasteiger partial charge in [0.2, 0.25) is 0 Å². The van der Waals surface area contributed by atoms with Gasteiger partial charge in [-0.15, -0.1) is 0 Å². The van der Waals surface area contributed by atoms with Gasteiger partial charge in [-0.3, -0.25) is 9.59 Å². The zero-order valence-electron chi connectivity index (χ0n) is 20.3. The second kappa shape index (κ2) is 9.89. The Kier molecular flexibility index (Phi) is 6.64. The zero-order chi connectivity index (χ0) is 26.2. The zero-order valence-corrected chi connectivity index (χ0v) is 20.3. The molecule has 6 nitrogen and oxygen atoms in total. The van der Waals surface area contributed by atoms with Gasteiger partial charge < -0.3 is 20.5 Å². The standard InChI is InChI=1S/C28H27F3N4O2/c1-17-14-21(26(36)32-10-13-35-11-2-3-12-35)24(33-17)16-22-25-20(8-5-9-23(25)34-27(22)37)18-6-4-7-19(15-18)28(29,30)31/h4-9,14-16,33H,2-3,10-13H2,1H3,(H,32,36)(H,34,37). The average molecular weight is 509 g/mol. The van der Waals surface area contributed by atoms with E-state index in [0.29, 0.717) is 40.2 Å². The molecule has 2 aliphatic heterocycles. The van der Waals surface area contributed by atoms with E-state index in [1.807, 2.05) is 6.92 Å². The lowest BCUT2D eigenvalue weighted by Crippen LogP contribution is -2.33. The van der Waals surface area contributed by atoms with Crippen molar-refractivity contribution in [3.63, 3.8) is 0 Å². The van der Waals surface area contributed by atoms with E-state index in [2.05, 4.69) is 20.5 Å². The number of likely N-dealkylation sites (tertiary alicyclic amines) is 1. The first-order valence-corrected chi connectivity index (χ1v) is 12.2. The fourth-order valence-electron chi connectivity index (χ4n) is 4.98. The van der Waals surface area contributed by atoms with Crippen LogP contribution in [0.5, 0.6) is 0 Å². The predicted octanol–water partition coefficient (Wildman–Crippen LogP) is 5.33. The second-order valence-electron chi connectivity index (χ2n) is 9.40. The van der Waals surface area contributed by atoms with Crippen LogP contribution in [-0.2, 0) is 11.0 Å². The first-order valence-electron chi connectivity index (χ1n) is 12.2. The molecule has 0 atom stereocenters. The van der Waals surface area contributed by atoms with E-state index in [1.54, 1.807) is 36.4 Å². The van der Waals surface area contributed by atoms with Crippen LogP contribution in [0.2, 0.25) is 0 Å². The lowest BCUT2D eigenvalue weighted by Gasteiger charge is -2.14. The number of carbonyl (C=O) groups excluding carboxylic acids is 2. The molecular formula is C28H27F3N4O2. The predicted molar refractivity (Wildman–Crippen MR) is 137 cm³/mol. The monoisotopic (exact) mass is 508 g/mol. The van der Waals surface area contributed by atoms with E-state index >= 15 is 0 Å². The van der Waals surface area contributed by atoms with E-state index in [-0.39, 0.29) is 17.4 Å². The van der Waals surface area contributed by atoms with Gasteiger partial charge in [0.25, 0.3) is 11.8 Å². The smallest absolute Gasteiger partial charge is 0.358 e. The number of H-pyrrole nitrogens is 1. The molecule has 2 aromatic carbocycles. The number of nitrogens with one attached hydrogen (secondary N) is 3. The Morgan fingerprint density at radius 3 is 2.62 bits per heavy atom. The number of halogens is 3. The van der Waals surface area contributed by atoms with Crippen LogP contribution >= 0.6 is 0 Å². The van der Waals surface area contributed by atoms with Gasteiger partial charge in [-0.05, 0) is 74.3 Å². The first kappa shape index (κ1) is 24.8. The molecule has 192 valence electrons. The number of amides is 2. The van der Waals surface area contributed by atoms with Crippen molar-refractivity contribution < 1.29 is 22.8 Å². The topological polar surface area (TPSA) is 77.2 Å². The van der Waals surface area contributed by atoms with Gasteiger partial charge in [0.15, 0.2) is 0 Å². The summed E-state index contributed by atoms with van der Waals surface area (Å²) >= 11 is 0. The molecular weight excluding hydrogens is 481 g/mol. The summed E-state index contributed by atoms with van der Waals surface area (Å²) in [5.74, 6) is -0.637. The molecule has 1 aromatic heterocycles. The van der Waals surface area contributed by atoms with Crippen LogP contribution in [0.25, 0.3) is 22.8 Å². The van der Waals surface area contributed by atoms with E-state index < -0.39 is 11.7 Å². The summed E-state index contributed by atoms with van der Waals surface area (Å²) in [6, 6.07) is 11.8. The summed E-state index contributed by atoms with van der Waals surface area (Å²) in [5, 5.41) is 5.75. The highest BCUT2D eigenvalue weighted by atomic mass is 19.4. The van der Waals surface area contributed by atoms with E-state index in [4.69, 9.17) is 0 Å². The molecule has 9 heteroatoms. The molecule has 1 saturated heterocycles. The Hall–Kier alpha value is -3.85. The Balaban J connectivity index is 1.48. The summed E-state index contributed by atoms with van der Waals surface area (Å²) in [4.78, 5) is 31.4. The highest BCUT2D eigenvalue weighted by molar-refractivity contribution is 6.36. The summed E-state index contributed by atoms with van der Waals surface area (Å²) in [5.41, 5.74) is 2.98. The van der Waals surface area contributed by atoms with E-state index in [9.17, 15) is 22.8 Å². The maximum absolute atomic E-state index is 13.4. The minimum absolute atomic E-state index is 0.250. The first-order chi connectivity index (χ1) is 17.7. The van der Waals surface area contributed by atoms with Crippen LogP contribution in [-0.4, -0.2) is 47.9 Å². The van der Waals surface area contributed by atoms with Crippen molar-refractivity contribution in [1.82, 2.24) is 15.2 Å². The minimum atomic E-state index is -4.49. The molecule has 0 bridgehead atoms. The van der Waals surface area contributed by atoms with Crippen LogP contribution in [0, 0.1) is 6.92 Å². The van der Waals surface area contributed by atoms with Gasteiger partial charge in [-0.25, -0.2) is 0 Å². The second-order valence-corrected chi connectivity index (χ2v) is 9.40. The molecule has 3 N–H and O–H groups in total. The number of aryl methyl sites for hydroxylation is 1. The van der Waals surface area contributed by atoms with Crippen LogP contribution in [0.15, 0.2) is 48.5 Å². The van der Waals surface area contributed by atoms with E-state index in [0.717, 1.165) is 37.5 Å². The molecule has 2 amide bonds. The van der Waals surface area contributed by atoms with Crippen LogP contribution in [0.1, 0.15) is 45.7 Å². The fourth-order valence-corrected chi connectivity index (χ4v) is 4.98. The Morgan fingerprint density at radius 1 is 1.11 bits per heavy atom. The number of rotatable bonds is 6. The number of carbonyl (C=O) groups is 2. The molecule has 37 heavy (non-hydrogen) atoms. The summed E-state index contributed by atoms with van der Waals surface area (Å²) < 4.78 is 40.1. The molecule has 1 fully saturated rings. The highest BCUT2D eigenvalue weighted by Crippen LogP contribution is 2.42. The van der Waals surface area contributed by atoms with Crippen molar-refractivity contribution in [3.05, 3.63) is 76.6 Å². The van der Waals surface area contributed by atoms with E-state index in [1.165, 1.54) is 18.9 Å². The van der Waals surface area contributed by atoms with Gasteiger partial charge in [-0.1, -0.05) is 24.3 Å². The molecule has 0 saturated carbocycles. The van der Waals surface area contributed by atoms with Gasteiger partial charge in [0, 0.05) is 30.0 Å². The lowest BCUT2D eigenvalue weighted by molar-refractivity contribution is -0.137. The normalized spacial score (nSPS) is 16.8. The van der Waals surface area contributed by atoms with Crippen LogP contribution in [0.4, 0.5) is 18.9 Å². The van der Waals surface area contributed by atoms with Crippen LogP contribution < -0.4 is 10.6 Å². The number of fused-ring (bicyclic) bond motifs is 1. The largest absolute Gasteiger partial charge is 0.416 e. The molecule has 0 radical (unpaired) electrons. The SMILES string of the molecule is Cc1cc(C(=O)NCCN2CCCC2)c(C=C2C(=O)Nc3cccc(-c4cccc(C(F)(F)F)c4)c32)[nH]1. The number of benzene rings is 2. The summed E-state index contributed by atoms with van der Waals surface area (Å²) in [6.07, 6.45) is -0.538. The third-order valence-electron chi connectivity index (χ3n) is 6.76. The highest BCUT2D eigenvalue weighted by Gasteiger charge is 2.32. The number of anilines is 1. The van der Waals surface area contributed by atoms with Crippen molar-refractivity contribution >= 4 is 29.2 Å². The third kappa shape index (κ3) is 5.17. The number of hydrogen-bond donors (Lipinski definition) is 3. The Bertz CT molecular complexity index is 1380. The van der Waals surface area contributed by atoms with Crippen molar-refractivity contribution in [2.24, 2.45) is 0 Å². The average Bonchev–Trinajstić information content (AvgIpc) is 3.58. The van der Waals surface area contributed by atoms with Crippen molar-refractivity contribution in [2.45, 2.75) is 25.9 Å². The molecule has 2 aliphatic rings. The maximum atomic E-state index is 13.4. The summed E-state index contributed by atoms with van der Waals surface area (Å²) in [7, 11) is 0. The molecule has 3 heterocycles. The quantitative estimate of drug-likeness (QED) is 0.394. The van der Waals surface area contributed by atoms with Gasteiger partial charge >= 0.3 is 6.18 Å². The van der Waals surface area contributed by atoms with Crippen molar-refractivity contribution in [2.75, 3.05) is 31.5 Å². The Morgan fingerprint density at radius 2 is 1.86 bits per heavy atom. The Labute approximate surface area is 212 Å². The third-order valence-corrected chi connectivity index (χ3v) is 6.76. The molecule has 5 rings (SSSR count). The molecule has 0 unspecified atom stereocenters. The lowest BCUT2D eigenvalue weighted by atomic mass is 9.93. The van der Waals surface area contributed by atoms with Crippen LogP contribution in [0.3, 0.4) is 0 Å². The minimum Gasteiger partial charge on any atom is -0.358 e. The van der Waals surface area contributed by atoms with Gasteiger partial charge in [-0.2, -0.15) is 13.2 Å². The van der Waals surface area contributed by atoms with Gasteiger partial charge in [0.05, 0.1) is 22.4 Å². The molecule has 0 aliphatic carbocycles.